The monoisotopic (exact) mass is 551 g/mol. The van der Waals surface area contributed by atoms with Crippen LogP contribution in [0.25, 0.3) is 0 Å². The van der Waals surface area contributed by atoms with Crippen molar-refractivity contribution in [3.05, 3.63) is 90.0 Å². The molecule has 1 atom stereocenters. The van der Waals surface area contributed by atoms with Crippen LogP contribution in [0.2, 0.25) is 0 Å². The molecule has 1 N–H and O–H groups in total. The summed E-state index contributed by atoms with van der Waals surface area (Å²) in [6.07, 6.45) is 2.82. The van der Waals surface area contributed by atoms with Gasteiger partial charge in [0.1, 0.15) is 24.1 Å². The maximum absolute atomic E-state index is 13.7. The number of amides is 2. The Hall–Kier alpha value is -3.85. The van der Waals surface area contributed by atoms with E-state index in [0.717, 1.165) is 34.5 Å². The Morgan fingerprint density at radius 1 is 0.949 bits per heavy atom. The quantitative estimate of drug-likeness (QED) is 0.305. The molecule has 0 bridgehead atoms. The second-order valence-electron chi connectivity index (χ2n) is 9.51. The standard InChI is InChI=1S/C30H37N3O5S/c1-5-6-19-31-30(35)24(3)32(21-25-12-10-11-23(2)20-25)29(34)22-33(39(4,36)37)26-15-17-28(18-16-26)38-27-13-8-7-9-14-27/h7-18,20,24H,5-6,19,21-22H2,1-4H3,(H,31,35). The van der Waals surface area contributed by atoms with E-state index in [9.17, 15) is 18.0 Å². The summed E-state index contributed by atoms with van der Waals surface area (Å²) in [5, 5.41) is 2.88. The van der Waals surface area contributed by atoms with Gasteiger partial charge in [-0.25, -0.2) is 8.42 Å². The van der Waals surface area contributed by atoms with Crippen molar-refractivity contribution in [3.63, 3.8) is 0 Å². The first-order valence-corrected chi connectivity index (χ1v) is 14.9. The fourth-order valence-corrected chi connectivity index (χ4v) is 4.89. The van der Waals surface area contributed by atoms with Gasteiger partial charge in [-0.15, -0.1) is 0 Å². The predicted octanol–water partition coefficient (Wildman–Crippen LogP) is 4.89. The SMILES string of the molecule is CCCCNC(=O)C(C)N(Cc1cccc(C)c1)C(=O)CN(c1ccc(Oc2ccccc2)cc1)S(C)(=O)=O. The zero-order valence-electron chi connectivity index (χ0n) is 23.0. The minimum Gasteiger partial charge on any atom is -0.457 e. The second-order valence-corrected chi connectivity index (χ2v) is 11.4. The molecule has 0 radical (unpaired) electrons. The van der Waals surface area contributed by atoms with Crippen molar-refractivity contribution in [3.8, 4) is 11.5 Å². The summed E-state index contributed by atoms with van der Waals surface area (Å²) >= 11 is 0. The number of unbranched alkanes of at least 4 members (excludes halogenated alkanes) is 1. The van der Waals surface area contributed by atoms with Gasteiger partial charge in [0.05, 0.1) is 11.9 Å². The van der Waals surface area contributed by atoms with Crippen LogP contribution in [0.1, 0.15) is 37.8 Å². The van der Waals surface area contributed by atoms with E-state index in [-0.39, 0.29) is 12.5 Å². The largest absolute Gasteiger partial charge is 0.457 e. The smallest absolute Gasteiger partial charge is 0.244 e. The highest BCUT2D eigenvalue weighted by Gasteiger charge is 2.30. The van der Waals surface area contributed by atoms with Crippen molar-refractivity contribution in [2.45, 2.75) is 46.2 Å². The number of para-hydroxylation sites is 1. The van der Waals surface area contributed by atoms with Crippen LogP contribution < -0.4 is 14.4 Å². The Labute approximate surface area is 231 Å². The summed E-state index contributed by atoms with van der Waals surface area (Å²) in [6, 6.07) is 22.6. The molecule has 1 unspecified atom stereocenters. The van der Waals surface area contributed by atoms with E-state index in [0.29, 0.717) is 23.7 Å². The molecule has 0 aliphatic rings. The van der Waals surface area contributed by atoms with Gasteiger partial charge in [0.25, 0.3) is 0 Å². The molecule has 0 fully saturated rings. The molecule has 0 aliphatic heterocycles. The zero-order chi connectivity index (χ0) is 28.4. The van der Waals surface area contributed by atoms with Gasteiger partial charge >= 0.3 is 0 Å². The van der Waals surface area contributed by atoms with Crippen molar-refractivity contribution >= 4 is 27.5 Å². The molecule has 0 spiro atoms. The van der Waals surface area contributed by atoms with Crippen molar-refractivity contribution in [2.24, 2.45) is 0 Å². The molecule has 3 aromatic rings. The average molecular weight is 552 g/mol. The van der Waals surface area contributed by atoms with Crippen LogP contribution >= 0.6 is 0 Å². The molecule has 0 aliphatic carbocycles. The summed E-state index contributed by atoms with van der Waals surface area (Å²) < 4.78 is 32.4. The summed E-state index contributed by atoms with van der Waals surface area (Å²) in [7, 11) is -3.82. The lowest BCUT2D eigenvalue weighted by molar-refractivity contribution is -0.139. The highest BCUT2D eigenvalue weighted by Crippen LogP contribution is 2.26. The fourth-order valence-electron chi connectivity index (χ4n) is 4.04. The van der Waals surface area contributed by atoms with Gasteiger partial charge < -0.3 is 15.0 Å². The molecule has 3 aromatic carbocycles. The van der Waals surface area contributed by atoms with E-state index < -0.39 is 28.5 Å². The second kappa shape index (κ2) is 13.8. The van der Waals surface area contributed by atoms with Crippen molar-refractivity contribution in [1.29, 1.82) is 0 Å². The topological polar surface area (TPSA) is 96.0 Å². The van der Waals surface area contributed by atoms with Gasteiger partial charge in [-0.1, -0.05) is 61.4 Å². The van der Waals surface area contributed by atoms with Gasteiger partial charge in [0.15, 0.2) is 0 Å². The molecular formula is C30H37N3O5S. The van der Waals surface area contributed by atoms with Crippen LogP contribution in [0.15, 0.2) is 78.9 Å². The first kappa shape index (κ1) is 29.7. The maximum Gasteiger partial charge on any atom is 0.244 e. The number of aryl methyl sites for hydroxylation is 1. The number of sulfonamides is 1. The Morgan fingerprint density at radius 2 is 1.62 bits per heavy atom. The first-order valence-electron chi connectivity index (χ1n) is 13.0. The predicted molar refractivity (Wildman–Crippen MR) is 154 cm³/mol. The van der Waals surface area contributed by atoms with Crippen molar-refractivity contribution in [2.75, 3.05) is 23.7 Å². The molecule has 0 saturated heterocycles. The van der Waals surface area contributed by atoms with E-state index in [2.05, 4.69) is 5.32 Å². The number of carbonyl (C=O) groups excluding carboxylic acids is 2. The minimum absolute atomic E-state index is 0.171. The lowest BCUT2D eigenvalue weighted by Gasteiger charge is -2.31. The van der Waals surface area contributed by atoms with E-state index >= 15 is 0 Å². The molecule has 0 heterocycles. The van der Waals surface area contributed by atoms with Gasteiger partial charge in [0, 0.05) is 13.1 Å². The number of rotatable bonds is 13. The Kier molecular flexibility index (Phi) is 10.5. The molecule has 0 aromatic heterocycles. The van der Waals surface area contributed by atoms with Crippen LogP contribution in [0, 0.1) is 6.92 Å². The van der Waals surface area contributed by atoms with Crippen LogP contribution in [0.3, 0.4) is 0 Å². The molecule has 3 rings (SSSR count). The maximum atomic E-state index is 13.7. The minimum atomic E-state index is -3.82. The molecule has 208 valence electrons. The number of benzene rings is 3. The average Bonchev–Trinajstić information content (AvgIpc) is 2.90. The summed E-state index contributed by atoms with van der Waals surface area (Å²) in [6.45, 7) is 5.88. The number of carbonyl (C=O) groups is 2. The number of anilines is 1. The summed E-state index contributed by atoms with van der Waals surface area (Å²) in [4.78, 5) is 28.0. The van der Waals surface area contributed by atoms with Crippen molar-refractivity contribution < 1.29 is 22.7 Å². The Balaban J connectivity index is 1.84. The third-order valence-electron chi connectivity index (χ3n) is 6.22. The van der Waals surface area contributed by atoms with Gasteiger partial charge in [0.2, 0.25) is 21.8 Å². The lowest BCUT2D eigenvalue weighted by atomic mass is 10.1. The number of hydrogen-bond donors (Lipinski definition) is 1. The summed E-state index contributed by atoms with van der Waals surface area (Å²) in [5.41, 5.74) is 2.20. The van der Waals surface area contributed by atoms with E-state index in [1.54, 1.807) is 31.2 Å². The van der Waals surface area contributed by atoms with Crippen LogP contribution in [0.4, 0.5) is 5.69 Å². The van der Waals surface area contributed by atoms with Crippen LogP contribution in [0.5, 0.6) is 11.5 Å². The zero-order valence-corrected chi connectivity index (χ0v) is 23.8. The Morgan fingerprint density at radius 3 is 2.23 bits per heavy atom. The number of nitrogens with one attached hydrogen (secondary N) is 1. The number of ether oxygens (including phenoxy) is 1. The molecule has 39 heavy (non-hydrogen) atoms. The third kappa shape index (κ3) is 8.85. The highest BCUT2D eigenvalue weighted by atomic mass is 32.2. The normalized spacial score (nSPS) is 11.9. The molecule has 0 saturated carbocycles. The summed E-state index contributed by atoms with van der Waals surface area (Å²) in [5.74, 6) is 0.420. The number of nitrogens with zero attached hydrogens (tertiary/aromatic N) is 2. The molecule has 8 nitrogen and oxygen atoms in total. The molecule has 9 heteroatoms. The van der Waals surface area contributed by atoms with Crippen LogP contribution in [-0.2, 0) is 26.2 Å². The van der Waals surface area contributed by atoms with E-state index in [1.165, 1.54) is 4.90 Å². The van der Waals surface area contributed by atoms with Crippen LogP contribution in [-0.4, -0.2) is 50.5 Å². The Bertz CT molecular complexity index is 1340. The molecule has 2 amide bonds. The highest BCUT2D eigenvalue weighted by molar-refractivity contribution is 7.92. The van der Waals surface area contributed by atoms with Crippen molar-refractivity contribution in [1.82, 2.24) is 10.2 Å². The third-order valence-corrected chi connectivity index (χ3v) is 7.36. The van der Waals surface area contributed by atoms with E-state index in [4.69, 9.17) is 4.74 Å². The molecular weight excluding hydrogens is 514 g/mol. The lowest BCUT2D eigenvalue weighted by Crippen LogP contribution is -2.51. The first-order chi connectivity index (χ1) is 18.6. The van der Waals surface area contributed by atoms with Gasteiger partial charge in [-0.3, -0.25) is 13.9 Å². The number of hydrogen-bond acceptors (Lipinski definition) is 5. The van der Waals surface area contributed by atoms with Gasteiger partial charge in [-0.2, -0.15) is 0 Å². The van der Waals surface area contributed by atoms with E-state index in [1.807, 2.05) is 68.4 Å². The fraction of sp³-hybridized carbons (Fsp3) is 0.333. The van der Waals surface area contributed by atoms with Gasteiger partial charge in [-0.05, 0) is 62.2 Å².